The molecule has 0 aliphatic heterocycles. The summed E-state index contributed by atoms with van der Waals surface area (Å²) in [7, 11) is 1.73. The average Bonchev–Trinajstić information content (AvgIpc) is 2.85. The number of hydrogen-bond acceptors (Lipinski definition) is 4. The van der Waals surface area contributed by atoms with Crippen molar-refractivity contribution in [2.75, 3.05) is 18.5 Å². The molecular formula is C12H17F3N4. The van der Waals surface area contributed by atoms with Crippen molar-refractivity contribution in [1.82, 2.24) is 9.97 Å². The number of nitrogens with zero attached hydrogens (tertiary/aromatic N) is 3. The molecule has 2 N–H and O–H groups in total. The smallest absolute Gasteiger partial charge is 0.341 e. The van der Waals surface area contributed by atoms with Crippen molar-refractivity contribution in [3.8, 4) is 0 Å². The number of hydrogen-bond donors (Lipinski definition) is 1. The molecule has 2 atom stereocenters. The van der Waals surface area contributed by atoms with Gasteiger partial charge in [-0.3, -0.25) is 0 Å². The zero-order valence-corrected chi connectivity index (χ0v) is 10.7. The highest BCUT2D eigenvalue weighted by Crippen LogP contribution is 2.32. The molecule has 106 valence electrons. The van der Waals surface area contributed by atoms with E-state index in [4.69, 9.17) is 5.73 Å². The van der Waals surface area contributed by atoms with Crippen LogP contribution in [0.2, 0.25) is 0 Å². The van der Waals surface area contributed by atoms with Crippen LogP contribution in [0.25, 0.3) is 0 Å². The van der Waals surface area contributed by atoms with E-state index in [2.05, 4.69) is 9.97 Å². The summed E-state index contributed by atoms with van der Waals surface area (Å²) in [4.78, 5) is 9.27. The standard InChI is InChI=1S/C12H17F3N4/c1-19(9-4-2-3-8(9)7-16)11-17-6-5-10(18-11)12(13,14)15/h5-6,8-9H,2-4,7,16H2,1H3. The number of rotatable bonds is 3. The minimum Gasteiger partial charge on any atom is -0.341 e. The van der Waals surface area contributed by atoms with Crippen molar-refractivity contribution in [3.05, 3.63) is 18.0 Å². The molecule has 4 nitrogen and oxygen atoms in total. The predicted molar refractivity (Wildman–Crippen MR) is 65.6 cm³/mol. The van der Waals surface area contributed by atoms with Gasteiger partial charge in [0.2, 0.25) is 5.95 Å². The van der Waals surface area contributed by atoms with E-state index < -0.39 is 11.9 Å². The van der Waals surface area contributed by atoms with Gasteiger partial charge in [-0.15, -0.1) is 0 Å². The van der Waals surface area contributed by atoms with E-state index in [-0.39, 0.29) is 12.0 Å². The van der Waals surface area contributed by atoms with Gasteiger partial charge in [0, 0.05) is 19.3 Å². The summed E-state index contributed by atoms with van der Waals surface area (Å²) in [6.07, 6.45) is -0.339. The van der Waals surface area contributed by atoms with Crippen LogP contribution < -0.4 is 10.6 Å². The molecule has 1 saturated carbocycles. The third kappa shape index (κ3) is 2.97. The second-order valence-corrected chi connectivity index (χ2v) is 4.84. The fourth-order valence-electron chi connectivity index (χ4n) is 2.63. The Morgan fingerprint density at radius 1 is 1.42 bits per heavy atom. The van der Waals surface area contributed by atoms with Crippen LogP contribution in [0, 0.1) is 5.92 Å². The normalized spacial score (nSPS) is 23.6. The Balaban J connectivity index is 2.22. The van der Waals surface area contributed by atoms with Gasteiger partial charge in [-0.05, 0) is 31.4 Å². The monoisotopic (exact) mass is 274 g/mol. The van der Waals surface area contributed by atoms with Crippen LogP contribution >= 0.6 is 0 Å². The third-order valence-electron chi connectivity index (χ3n) is 3.67. The van der Waals surface area contributed by atoms with Gasteiger partial charge in [0.15, 0.2) is 0 Å². The minimum absolute atomic E-state index is 0.111. The summed E-state index contributed by atoms with van der Waals surface area (Å²) in [6, 6.07) is 1.00. The van der Waals surface area contributed by atoms with Crippen LogP contribution in [-0.4, -0.2) is 29.6 Å². The second kappa shape index (κ2) is 5.32. The van der Waals surface area contributed by atoms with Gasteiger partial charge in [0.05, 0.1) is 0 Å². The Morgan fingerprint density at radius 3 is 2.79 bits per heavy atom. The fourth-order valence-corrected chi connectivity index (χ4v) is 2.63. The molecule has 0 radical (unpaired) electrons. The first-order chi connectivity index (χ1) is 8.93. The topological polar surface area (TPSA) is 55.0 Å². The molecule has 19 heavy (non-hydrogen) atoms. The van der Waals surface area contributed by atoms with Crippen molar-refractivity contribution >= 4 is 5.95 Å². The highest BCUT2D eigenvalue weighted by molar-refractivity contribution is 5.32. The zero-order valence-electron chi connectivity index (χ0n) is 10.7. The van der Waals surface area contributed by atoms with E-state index in [1.165, 1.54) is 0 Å². The van der Waals surface area contributed by atoms with Crippen LogP contribution in [0.4, 0.5) is 19.1 Å². The quantitative estimate of drug-likeness (QED) is 0.916. The van der Waals surface area contributed by atoms with Gasteiger partial charge >= 0.3 is 6.18 Å². The lowest BCUT2D eigenvalue weighted by Crippen LogP contribution is -2.38. The molecule has 1 aromatic heterocycles. The maximum Gasteiger partial charge on any atom is 0.433 e. The van der Waals surface area contributed by atoms with Crippen molar-refractivity contribution in [2.45, 2.75) is 31.5 Å². The fraction of sp³-hybridized carbons (Fsp3) is 0.667. The molecule has 1 aliphatic rings. The molecule has 0 amide bonds. The summed E-state index contributed by atoms with van der Waals surface area (Å²) in [5.74, 6) is 0.406. The van der Waals surface area contributed by atoms with Crippen molar-refractivity contribution in [1.29, 1.82) is 0 Å². The van der Waals surface area contributed by atoms with Gasteiger partial charge in [-0.1, -0.05) is 6.42 Å². The maximum atomic E-state index is 12.6. The van der Waals surface area contributed by atoms with Gasteiger partial charge in [0.1, 0.15) is 5.69 Å². The Hall–Kier alpha value is -1.37. The summed E-state index contributed by atoms with van der Waals surface area (Å²) in [6.45, 7) is 0.536. The highest BCUT2D eigenvalue weighted by atomic mass is 19.4. The third-order valence-corrected chi connectivity index (χ3v) is 3.67. The van der Waals surface area contributed by atoms with E-state index >= 15 is 0 Å². The van der Waals surface area contributed by atoms with E-state index in [0.717, 1.165) is 31.5 Å². The molecule has 0 bridgehead atoms. The van der Waals surface area contributed by atoms with Gasteiger partial charge < -0.3 is 10.6 Å². The second-order valence-electron chi connectivity index (χ2n) is 4.84. The Morgan fingerprint density at radius 2 is 2.16 bits per heavy atom. The molecule has 1 aromatic rings. The van der Waals surface area contributed by atoms with Crippen LogP contribution in [0.5, 0.6) is 0 Å². The molecule has 0 spiro atoms. The average molecular weight is 274 g/mol. The number of anilines is 1. The van der Waals surface area contributed by atoms with Crippen molar-refractivity contribution in [2.24, 2.45) is 11.7 Å². The largest absolute Gasteiger partial charge is 0.433 e. The number of alkyl halides is 3. The minimum atomic E-state index is -4.44. The van der Waals surface area contributed by atoms with Gasteiger partial charge in [-0.2, -0.15) is 13.2 Å². The molecular weight excluding hydrogens is 257 g/mol. The summed E-state index contributed by atoms with van der Waals surface area (Å²) in [5.41, 5.74) is 4.78. The zero-order chi connectivity index (χ0) is 14.0. The first-order valence-electron chi connectivity index (χ1n) is 6.26. The van der Waals surface area contributed by atoms with Crippen LogP contribution in [-0.2, 0) is 6.18 Å². The predicted octanol–water partition coefficient (Wildman–Crippen LogP) is 2.06. The first kappa shape index (κ1) is 14.0. The Labute approximate surface area is 109 Å². The number of nitrogens with two attached hydrogens (primary N) is 1. The van der Waals surface area contributed by atoms with E-state index in [1.54, 1.807) is 11.9 Å². The van der Waals surface area contributed by atoms with E-state index in [1.807, 2.05) is 0 Å². The summed E-state index contributed by atoms with van der Waals surface area (Å²) < 4.78 is 37.9. The number of aromatic nitrogens is 2. The van der Waals surface area contributed by atoms with Crippen molar-refractivity contribution in [3.63, 3.8) is 0 Å². The van der Waals surface area contributed by atoms with Gasteiger partial charge in [-0.25, -0.2) is 9.97 Å². The molecule has 2 unspecified atom stereocenters. The van der Waals surface area contributed by atoms with E-state index in [0.29, 0.717) is 12.5 Å². The van der Waals surface area contributed by atoms with Crippen molar-refractivity contribution < 1.29 is 13.2 Å². The molecule has 2 rings (SSSR count). The number of halogens is 3. The lowest BCUT2D eigenvalue weighted by Gasteiger charge is -2.29. The highest BCUT2D eigenvalue weighted by Gasteiger charge is 2.35. The first-order valence-corrected chi connectivity index (χ1v) is 6.26. The van der Waals surface area contributed by atoms with Crippen LogP contribution in [0.3, 0.4) is 0 Å². The Bertz CT molecular complexity index is 435. The van der Waals surface area contributed by atoms with Crippen LogP contribution in [0.15, 0.2) is 12.3 Å². The van der Waals surface area contributed by atoms with E-state index in [9.17, 15) is 13.2 Å². The molecule has 1 aliphatic carbocycles. The Kier molecular flexibility index (Phi) is 3.93. The molecule has 0 saturated heterocycles. The SMILES string of the molecule is CN(c1nccc(C(F)(F)F)n1)C1CCCC1CN. The maximum absolute atomic E-state index is 12.6. The lowest BCUT2D eigenvalue weighted by molar-refractivity contribution is -0.141. The molecule has 7 heteroatoms. The molecule has 0 aromatic carbocycles. The van der Waals surface area contributed by atoms with Gasteiger partial charge in [0.25, 0.3) is 0 Å². The van der Waals surface area contributed by atoms with Crippen LogP contribution in [0.1, 0.15) is 25.0 Å². The molecule has 1 fully saturated rings. The molecule has 1 heterocycles. The lowest BCUT2D eigenvalue weighted by atomic mass is 10.0. The summed E-state index contributed by atoms with van der Waals surface area (Å²) in [5, 5.41) is 0. The summed E-state index contributed by atoms with van der Waals surface area (Å²) >= 11 is 0.